The quantitative estimate of drug-likeness (QED) is 0.654. The van der Waals surface area contributed by atoms with Crippen LogP contribution < -0.4 is 0 Å². The minimum atomic E-state index is 0.748. The van der Waals surface area contributed by atoms with Crippen LogP contribution in [0.3, 0.4) is 0 Å². The van der Waals surface area contributed by atoms with Gasteiger partial charge in [0.15, 0.2) is 0 Å². The molecule has 1 unspecified atom stereocenters. The highest BCUT2D eigenvalue weighted by atomic mass is 15.3. The van der Waals surface area contributed by atoms with Crippen LogP contribution in [0, 0.1) is 5.92 Å². The minimum Gasteiger partial charge on any atom is -0.301 e. The molecule has 1 saturated heterocycles. The molecule has 0 aromatic carbocycles. The average molecular weight is 210 g/mol. The van der Waals surface area contributed by atoms with Crippen LogP contribution in [0.4, 0.5) is 0 Å². The Morgan fingerprint density at radius 3 is 2.20 bits per heavy atom. The number of piperazine rings is 1. The highest BCUT2D eigenvalue weighted by Crippen LogP contribution is 2.28. The predicted octanol–water partition coefficient (Wildman–Crippen LogP) is 2.20. The molecule has 2 rings (SSSR count). The maximum Gasteiger partial charge on any atom is 0.0192 e. The maximum atomic E-state index is 2.75. The van der Waals surface area contributed by atoms with E-state index in [4.69, 9.17) is 0 Å². The summed E-state index contributed by atoms with van der Waals surface area (Å²) >= 11 is 0. The molecular weight excluding hydrogens is 184 g/mol. The molecular formula is C13H26N2. The smallest absolute Gasteiger partial charge is 0.0192 e. The molecule has 1 aliphatic carbocycles. The normalized spacial score (nSPS) is 40.6. The van der Waals surface area contributed by atoms with Crippen molar-refractivity contribution < 1.29 is 0 Å². The molecule has 2 nitrogen and oxygen atoms in total. The van der Waals surface area contributed by atoms with Crippen molar-refractivity contribution in [2.75, 3.05) is 26.7 Å². The Balaban J connectivity index is 1.84. The Bertz CT molecular complexity index is 197. The Labute approximate surface area is 94.6 Å². The molecule has 0 bridgehead atoms. The van der Waals surface area contributed by atoms with Crippen molar-refractivity contribution in [1.82, 2.24) is 9.80 Å². The number of hydrogen-bond acceptors (Lipinski definition) is 2. The van der Waals surface area contributed by atoms with Crippen LogP contribution in [0.1, 0.15) is 39.5 Å². The molecule has 1 aliphatic heterocycles. The molecule has 1 atom stereocenters. The standard InChI is InChI=1S/C13H26N2/c1-11-4-6-13(7-5-11)15-9-8-14(3)12(2)10-15/h11-13H,4-10H2,1-3H3. The lowest BCUT2D eigenvalue weighted by molar-refractivity contribution is 0.0520. The van der Waals surface area contributed by atoms with Crippen molar-refractivity contribution in [3.63, 3.8) is 0 Å². The number of nitrogens with zero attached hydrogens (tertiary/aromatic N) is 2. The molecule has 1 heterocycles. The lowest BCUT2D eigenvalue weighted by atomic mass is 9.86. The molecule has 0 spiro atoms. The van der Waals surface area contributed by atoms with Crippen molar-refractivity contribution in [2.45, 2.75) is 51.6 Å². The zero-order valence-corrected chi connectivity index (χ0v) is 10.6. The third kappa shape index (κ3) is 2.73. The van der Waals surface area contributed by atoms with Gasteiger partial charge in [-0.3, -0.25) is 4.90 Å². The van der Waals surface area contributed by atoms with E-state index in [1.54, 1.807) is 0 Å². The summed E-state index contributed by atoms with van der Waals surface area (Å²) in [6.07, 6.45) is 5.78. The maximum absolute atomic E-state index is 2.75. The molecule has 1 saturated carbocycles. The molecule has 2 fully saturated rings. The average Bonchev–Trinajstić information content (AvgIpc) is 2.23. The van der Waals surface area contributed by atoms with Gasteiger partial charge in [0.05, 0.1) is 0 Å². The zero-order valence-electron chi connectivity index (χ0n) is 10.6. The van der Waals surface area contributed by atoms with Crippen molar-refractivity contribution >= 4 is 0 Å². The van der Waals surface area contributed by atoms with Crippen LogP contribution in [-0.4, -0.2) is 48.6 Å². The van der Waals surface area contributed by atoms with Crippen molar-refractivity contribution in [3.05, 3.63) is 0 Å². The van der Waals surface area contributed by atoms with Gasteiger partial charge in [0, 0.05) is 31.7 Å². The second kappa shape index (κ2) is 4.84. The summed E-state index contributed by atoms with van der Waals surface area (Å²) in [6.45, 7) is 8.60. The van der Waals surface area contributed by atoms with E-state index >= 15 is 0 Å². The summed E-state index contributed by atoms with van der Waals surface area (Å²) in [5.74, 6) is 0.978. The SMILES string of the molecule is CC1CCC(N2CCN(C)C(C)C2)CC1. The highest BCUT2D eigenvalue weighted by Gasteiger charge is 2.28. The van der Waals surface area contributed by atoms with E-state index in [1.807, 2.05) is 0 Å². The fourth-order valence-corrected chi connectivity index (χ4v) is 3.02. The third-order valence-electron chi connectivity index (χ3n) is 4.49. The summed E-state index contributed by atoms with van der Waals surface area (Å²) in [5, 5.41) is 0. The zero-order chi connectivity index (χ0) is 10.8. The van der Waals surface area contributed by atoms with Crippen LogP contribution >= 0.6 is 0 Å². The van der Waals surface area contributed by atoms with E-state index in [0.717, 1.165) is 18.0 Å². The third-order valence-corrected chi connectivity index (χ3v) is 4.49. The van der Waals surface area contributed by atoms with Crippen LogP contribution in [0.2, 0.25) is 0 Å². The number of rotatable bonds is 1. The van der Waals surface area contributed by atoms with Crippen LogP contribution in [-0.2, 0) is 0 Å². The van der Waals surface area contributed by atoms with Crippen LogP contribution in [0.25, 0.3) is 0 Å². The second-order valence-corrected chi connectivity index (χ2v) is 5.74. The predicted molar refractivity (Wildman–Crippen MR) is 65.1 cm³/mol. The summed E-state index contributed by atoms with van der Waals surface area (Å²) in [5.41, 5.74) is 0. The van der Waals surface area contributed by atoms with E-state index in [1.165, 1.54) is 45.3 Å². The van der Waals surface area contributed by atoms with Crippen molar-refractivity contribution in [2.24, 2.45) is 5.92 Å². The lowest BCUT2D eigenvalue weighted by Gasteiger charge is -2.43. The van der Waals surface area contributed by atoms with Gasteiger partial charge in [0.1, 0.15) is 0 Å². The molecule has 88 valence electrons. The molecule has 0 radical (unpaired) electrons. The van der Waals surface area contributed by atoms with Gasteiger partial charge in [-0.05, 0) is 45.6 Å². The van der Waals surface area contributed by atoms with E-state index in [9.17, 15) is 0 Å². The van der Waals surface area contributed by atoms with Crippen molar-refractivity contribution in [3.8, 4) is 0 Å². The van der Waals surface area contributed by atoms with Gasteiger partial charge in [-0.15, -0.1) is 0 Å². The number of hydrogen-bond donors (Lipinski definition) is 0. The Hall–Kier alpha value is -0.0800. The van der Waals surface area contributed by atoms with Gasteiger partial charge in [-0.1, -0.05) is 6.92 Å². The van der Waals surface area contributed by atoms with E-state index < -0.39 is 0 Å². The van der Waals surface area contributed by atoms with Crippen molar-refractivity contribution in [1.29, 1.82) is 0 Å². The first-order chi connectivity index (χ1) is 7.16. The van der Waals surface area contributed by atoms with Crippen LogP contribution in [0.5, 0.6) is 0 Å². The first kappa shape index (κ1) is 11.4. The monoisotopic (exact) mass is 210 g/mol. The molecule has 0 amide bonds. The second-order valence-electron chi connectivity index (χ2n) is 5.74. The van der Waals surface area contributed by atoms with Gasteiger partial charge >= 0.3 is 0 Å². The molecule has 0 aromatic heterocycles. The fraction of sp³-hybridized carbons (Fsp3) is 1.00. The van der Waals surface area contributed by atoms with Gasteiger partial charge in [0.2, 0.25) is 0 Å². The van der Waals surface area contributed by atoms with Gasteiger partial charge < -0.3 is 4.90 Å². The van der Waals surface area contributed by atoms with Crippen LogP contribution in [0.15, 0.2) is 0 Å². The first-order valence-electron chi connectivity index (χ1n) is 6.61. The number of likely N-dealkylation sites (N-methyl/N-ethyl adjacent to an activating group) is 1. The Morgan fingerprint density at radius 1 is 0.933 bits per heavy atom. The van der Waals surface area contributed by atoms with Gasteiger partial charge in [-0.2, -0.15) is 0 Å². The molecule has 0 N–H and O–H groups in total. The Kier molecular flexibility index (Phi) is 3.68. The topological polar surface area (TPSA) is 6.48 Å². The molecule has 0 aromatic rings. The van der Waals surface area contributed by atoms with Gasteiger partial charge in [0.25, 0.3) is 0 Å². The van der Waals surface area contributed by atoms with Gasteiger partial charge in [-0.25, -0.2) is 0 Å². The summed E-state index contributed by atoms with van der Waals surface area (Å²) in [4.78, 5) is 5.23. The van der Waals surface area contributed by atoms with E-state index in [0.29, 0.717) is 0 Å². The Morgan fingerprint density at radius 2 is 1.60 bits per heavy atom. The minimum absolute atomic E-state index is 0.748. The summed E-state index contributed by atoms with van der Waals surface area (Å²) < 4.78 is 0. The largest absolute Gasteiger partial charge is 0.301 e. The first-order valence-corrected chi connectivity index (χ1v) is 6.61. The van der Waals surface area contributed by atoms with E-state index in [-0.39, 0.29) is 0 Å². The summed E-state index contributed by atoms with van der Waals surface area (Å²) in [6, 6.07) is 1.65. The lowest BCUT2D eigenvalue weighted by Crippen LogP contribution is -2.53. The molecule has 2 heteroatoms. The fourth-order valence-electron chi connectivity index (χ4n) is 3.02. The molecule has 15 heavy (non-hydrogen) atoms. The van der Waals surface area contributed by atoms with E-state index in [2.05, 4.69) is 30.7 Å². The highest BCUT2D eigenvalue weighted by molar-refractivity contribution is 4.84. The summed E-state index contributed by atoms with van der Waals surface area (Å²) in [7, 11) is 2.25. The molecule has 2 aliphatic rings.